The van der Waals surface area contributed by atoms with Gasteiger partial charge in [-0.25, -0.2) is 0 Å². The first-order valence-electron chi connectivity index (χ1n) is 7.15. The van der Waals surface area contributed by atoms with Gasteiger partial charge in [0, 0.05) is 11.6 Å². The lowest BCUT2D eigenvalue weighted by molar-refractivity contribution is 0.228. The van der Waals surface area contributed by atoms with Crippen molar-refractivity contribution in [3.05, 3.63) is 22.7 Å². The summed E-state index contributed by atoms with van der Waals surface area (Å²) in [5, 5.41) is 4.01. The normalized spacial score (nSPS) is 18.9. The fourth-order valence-corrected chi connectivity index (χ4v) is 3.82. The molecule has 0 amide bonds. The second-order valence-corrected chi connectivity index (χ2v) is 6.17. The van der Waals surface area contributed by atoms with E-state index in [0.29, 0.717) is 10.8 Å². The van der Waals surface area contributed by atoms with Crippen LogP contribution in [0.1, 0.15) is 44.2 Å². The molecule has 112 valence electrons. The number of rotatable bonds is 5. The minimum absolute atomic E-state index is 0.239. The number of hydrogen-bond donors (Lipinski definition) is 1. The first-order chi connectivity index (χ1) is 9.57. The molecule has 1 aliphatic carbocycles. The van der Waals surface area contributed by atoms with Crippen molar-refractivity contribution in [2.75, 3.05) is 21.3 Å². The standard InChI is InChI=1S/C16H24ClNO2/c1-16(9-5-6-10-16)15(18-2)11-7-8-12(19-3)13(17)14(11)20-4/h7-8,15,18H,5-6,9-10H2,1-4H3. The van der Waals surface area contributed by atoms with Crippen LogP contribution in [0.5, 0.6) is 11.5 Å². The molecule has 0 saturated heterocycles. The molecule has 2 rings (SSSR count). The van der Waals surface area contributed by atoms with Gasteiger partial charge in [-0.05, 0) is 37.4 Å². The summed E-state index contributed by atoms with van der Waals surface area (Å²) >= 11 is 6.39. The van der Waals surface area contributed by atoms with Crippen LogP contribution >= 0.6 is 11.6 Å². The van der Waals surface area contributed by atoms with Gasteiger partial charge in [0.05, 0.1) is 14.2 Å². The van der Waals surface area contributed by atoms with E-state index in [0.717, 1.165) is 11.3 Å². The van der Waals surface area contributed by atoms with Gasteiger partial charge in [0.1, 0.15) is 16.5 Å². The SMILES string of the molecule is CNC(c1ccc(OC)c(Cl)c1OC)C1(C)CCCC1. The molecule has 4 heteroatoms. The van der Waals surface area contributed by atoms with Crippen LogP contribution in [0.25, 0.3) is 0 Å². The molecule has 0 aliphatic heterocycles. The smallest absolute Gasteiger partial charge is 0.146 e. The first kappa shape index (κ1) is 15.5. The Balaban J connectivity index is 2.47. The lowest BCUT2D eigenvalue weighted by Crippen LogP contribution is -2.32. The highest BCUT2D eigenvalue weighted by atomic mass is 35.5. The van der Waals surface area contributed by atoms with Gasteiger partial charge in [0.15, 0.2) is 0 Å². The van der Waals surface area contributed by atoms with Gasteiger partial charge in [-0.2, -0.15) is 0 Å². The zero-order valence-electron chi connectivity index (χ0n) is 12.8. The summed E-state index contributed by atoms with van der Waals surface area (Å²) in [5.41, 5.74) is 1.37. The summed E-state index contributed by atoms with van der Waals surface area (Å²) in [4.78, 5) is 0. The molecule has 1 unspecified atom stereocenters. The highest BCUT2D eigenvalue weighted by Crippen LogP contribution is 2.50. The summed E-state index contributed by atoms with van der Waals surface area (Å²) in [6.45, 7) is 2.35. The van der Waals surface area contributed by atoms with Crippen molar-refractivity contribution < 1.29 is 9.47 Å². The van der Waals surface area contributed by atoms with E-state index in [2.05, 4.69) is 18.3 Å². The Morgan fingerprint density at radius 2 is 1.85 bits per heavy atom. The Bertz CT molecular complexity index is 470. The number of methoxy groups -OCH3 is 2. The van der Waals surface area contributed by atoms with Gasteiger partial charge in [-0.1, -0.05) is 31.4 Å². The number of nitrogens with one attached hydrogen (secondary N) is 1. The van der Waals surface area contributed by atoms with Crippen molar-refractivity contribution in [2.24, 2.45) is 5.41 Å². The third kappa shape index (κ3) is 2.61. The van der Waals surface area contributed by atoms with Crippen molar-refractivity contribution in [1.82, 2.24) is 5.32 Å². The molecule has 0 radical (unpaired) electrons. The van der Waals surface area contributed by atoms with Gasteiger partial charge in [-0.15, -0.1) is 0 Å². The molecule has 0 bridgehead atoms. The van der Waals surface area contributed by atoms with Gasteiger partial charge in [0.2, 0.25) is 0 Å². The van der Waals surface area contributed by atoms with Crippen LogP contribution < -0.4 is 14.8 Å². The quantitative estimate of drug-likeness (QED) is 0.883. The molecule has 20 heavy (non-hydrogen) atoms. The number of hydrogen-bond acceptors (Lipinski definition) is 3. The van der Waals surface area contributed by atoms with Gasteiger partial charge in [0.25, 0.3) is 0 Å². The molecule has 3 nitrogen and oxygen atoms in total. The monoisotopic (exact) mass is 297 g/mol. The van der Waals surface area contributed by atoms with Gasteiger partial charge >= 0.3 is 0 Å². The molecule has 0 spiro atoms. The second kappa shape index (κ2) is 6.23. The maximum absolute atomic E-state index is 6.39. The molecule has 0 aromatic heterocycles. The van der Waals surface area contributed by atoms with Gasteiger partial charge < -0.3 is 14.8 Å². The summed E-state index contributed by atoms with van der Waals surface area (Å²) in [6, 6.07) is 4.22. The molecule has 1 aromatic rings. The molecule has 1 aromatic carbocycles. The Morgan fingerprint density at radius 3 is 2.35 bits per heavy atom. The predicted octanol–water partition coefficient (Wildman–Crippen LogP) is 4.20. The van der Waals surface area contributed by atoms with E-state index in [9.17, 15) is 0 Å². The van der Waals surface area contributed by atoms with Gasteiger partial charge in [-0.3, -0.25) is 0 Å². The van der Waals surface area contributed by atoms with Crippen LogP contribution in [0.4, 0.5) is 0 Å². The van der Waals surface area contributed by atoms with Crippen LogP contribution in [-0.2, 0) is 0 Å². The molecule has 1 aliphatic rings. The molecule has 0 heterocycles. The van der Waals surface area contributed by atoms with Crippen molar-refractivity contribution in [1.29, 1.82) is 0 Å². The summed E-state index contributed by atoms with van der Waals surface area (Å²) < 4.78 is 10.8. The van der Waals surface area contributed by atoms with Crippen LogP contribution in [0.3, 0.4) is 0 Å². The average molecular weight is 298 g/mol. The van der Waals surface area contributed by atoms with Crippen LogP contribution in [0.15, 0.2) is 12.1 Å². The van der Waals surface area contributed by atoms with Crippen LogP contribution in [-0.4, -0.2) is 21.3 Å². The molecule has 1 N–H and O–H groups in total. The third-order valence-corrected chi connectivity index (χ3v) is 4.92. The molecule has 1 atom stereocenters. The fraction of sp³-hybridized carbons (Fsp3) is 0.625. The number of benzene rings is 1. The molecule has 1 saturated carbocycles. The van der Waals surface area contributed by atoms with Crippen molar-refractivity contribution in [3.63, 3.8) is 0 Å². The van der Waals surface area contributed by atoms with E-state index in [4.69, 9.17) is 21.1 Å². The average Bonchev–Trinajstić information content (AvgIpc) is 2.87. The largest absolute Gasteiger partial charge is 0.495 e. The lowest BCUT2D eigenvalue weighted by Gasteiger charge is -2.35. The maximum atomic E-state index is 6.39. The Labute approximate surface area is 126 Å². The van der Waals surface area contributed by atoms with E-state index < -0.39 is 0 Å². The predicted molar refractivity (Wildman–Crippen MR) is 82.9 cm³/mol. The lowest BCUT2D eigenvalue weighted by atomic mass is 9.77. The zero-order chi connectivity index (χ0) is 14.8. The van der Waals surface area contributed by atoms with E-state index in [1.165, 1.54) is 25.7 Å². The molecule has 1 fully saturated rings. The highest BCUT2D eigenvalue weighted by Gasteiger charge is 2.38. The second-order valence-electron chi connectivity index (χ2n) is 5.79. The Hall–Kier alpha value is -0.930. The number of halogens is 1. The van der Waals surface area contributed by atoms with Crippen molar-refractivity contribution in [2.45, 2.75) is 38.6 Å². The number of ether oxygens (including phenoxy) is 2. The summed E-state index contributed by atoms with van der Waals surface area (Å²) in [7, 11) is 5.29. The summed E-state index contributed by atoms with van der Waals surface area (Å²) in [5.74, 6) is 1.37. The topological polar surface area (TPSA) is 30.5 Å². The van der Waals surface area contributed by atoms with Crippen LogP contribution in [0.2, 0.25) is 5.02 Å². The van der Waals surface area contributed by atoms with Crippen LogP contribution in [0, 0.1) is 5.41 Å². The highest BCUT2D eigenvalue weighted by molar-refractivity contribution is 6.33. The fourth-order valence-electron chi connectivity index (χ4n) is 3.50. The molecular weight excluding hydrogens is 274 g/mol. The Morgan fingerprint density at radius 1 is 1.20 bits per heavy atom. The van der Waals surface area contributed by atoms with Crippen molar-refractivity contribution in [3.8, 4) is 11.5 Å². The third-order valence-electron chi connectivity index (χ3n) is 4.56. The van der Waals surface area contributed by atoms with E-state index in [1.54, 1.807) is 14.2 Å². The zero-order valence-corrected chi connectivity index (χ0v) is 13.5. The Kier molecular flexibility index (Phi) is 4.82. The minimum Gasteiger partial charge on any atom is -0.495 e. The van der Waals surface area contributed by atoms with E-state index >= 15 is 0 Å². The van der Waals surface area contributed by atoms with E-state index in [-0.39, 0.29) is 11.5 Å². The molecular formula is C16H24ClNO2. The van der Waals surface area contributed by atoms with Crippen molar-refractivity contribution >= 4 is 11.6 Å². The summed E-state index contributed by atoms with van der Waals surface area (Å²) in [6.07, 6.45) is 5.04. The first-order valence-corrected chi connectivity index (χ1v) is 7.53. The minimum atomic E-state index is 0.239. The van der Waals surface area contributed by atoms with E-state index in [1.807, 2.05) is 13.1 Å². The maximum Gasteiger partial charge on any atom is 0.146 e.